The number of esters is 1. The molecule has 0 bridgehead atoms. The number of ether oxygens (including phenoxy) is 4. The van der Waals surface area contributed by atoms with E-state index in [0.29, 0.717) is 23.1 Å². The predicted molar refractivity (Wildman–Crippen MR) is 92.8 cm³/mol. The van der Waals surface area contributed by atoms with Crippen molar-refractivity contribution in [1.82, 2.24) is 10.1 Å². The van der Waals surface area contributed by atoms with Crippen LogP contribution in [0.4, 0.5) is 0 Å². The van der Waals surface area contributed by atoms with Crippen LogP contribution >= 0.6 is 11.3 Å². The molecule has 0 saturated heterocycles. The molecule has 3 aromatic rings. The third-order valence-electron chi connectivity index (χ3n) is 3.44. The smallest absolute Gasteiger partial charge is 0.338 e. The van der Waals surface area contributed by atoms with Crippen LogP contribution < -0.4 is 14.2 Å². The van der Waals surface area contributed by atoms with Gasteiger partial charge in [0, 0.05) is 0 Å². The number of carbonyl (C=O) groups excluding carboxylic acids is 1. The van der Waals surface area contributed by atoms with Gasteiger partial charge in [-0.25, -0.2) is 4.79 Å². The highest BCUT2D eigenvalue weighted by Crippen LogP contribution is 2.38. The van der Waals surface area contributed by atoms with Gasteiger partial charge >= 0.3 is 5.97 Å². The van der Waals surface area contributed by atoms with Crippen LogP contribution in [-0.2, 0) is 11.3 Å². The standard InChI is InChI=1S/C17H16N2O6S/c1-21-11-7-10(8-12(22-2)15(11)23-3)17(20)24-9-14-18-16(19-25-14)13-5-4-6-26-13/h4-8H,9H2,1-3H3. The van der Waals surface area contributed by atoms with Crippen molar-refractivity contribution >= 4 is 17.3 Å². The van der Waals surface area contributed by atoms with E-state index in [1.165, 1.54) is 44.8 Å². The monoisotopic (exact) mass is 376 g/mol. The van der Waals surface area contributed by atoms with Crippen LogP contribution in [0.25, 0.3) is 10.7 Å². The van der Waals surface area contributed by atoms with Crippen molar-refractivity contribution in [2.75, 3.05) is 21.3 Å². The molecule has 3 rings (SSSR count). The first-order valence-electron chi connectivity index (χ1n) is 7.49. The summed E-state index contributed by atoms with van der Waals surface area (Å²) in [4.78, 5) is 17.4. The Morgan fingerprint density at radius 3 is 2.46 bits per heavy atom. The molecular weight excluding hydrogens is 360 g/mol. The van der Waals surface area contributed by atoms with Crippen molar-refractivity contribution in [2.24, 2.45) is 0 Å². The molecule has 0 amide bonds. The first kappa shape index (κ1) is 17.7. The molecule has 0 aliphatic carbocycles. The fourth-order valence-electron chi connectivity index (χ4n) is 2.23. The molecule has 0 unspecified atom stereocenters. The highest BCUT2D eigenvalue weighted by molar-refractivity contribution is 7.13. The summed E-state index contributed by atoms with van der Waals surface area (Å²) in [7, 11) is 4.42. The Bertz CT molecular complexity index is 866. The van der Waals surface area contributed by atoms with Gasteiger partial charge < -0.3 is 23.5 Å². The zero-order chi connectivity index (χ0) is 18.5. The van der Waals surface area contributed by atoms with Crippen molar-refractivity contribution in [3.8, 4) is 28.0 Å². The fourth-order valence-corrected chi connectivity index (χ4v) is 2.88. The topological polar surface area (TPSA) is 92.9 Å². The normalized spacial score (nSPS) is 10.4. The lowest BCUT2D eigenvalue weighted by Crippen LogP contribution is -2.07. The predicted octanol–water partition coefficient (Wildman–Crippen LogP) is 3.18. The number of hydrogen-bond donors (Lipinski definition) is 0. The van der Waals surface area contributed by atoms with Crippen molar-refractivity contribution in [3.63, 3.8) is 0 Å². The van der Waals surface area contributed by atoms with Crippen molar-refractivity contribution < 1.29 is 28.3 Å². The number of methoxy groups -OCH3 is 3. The molecule has 0 radical (unpaired) electrons. The molecule has 0 spiro atoms. The molecule has 9 heteroatoms. The van der Waals surface area contributed by atoms with E-state index in [-0.39, 0.29) is 18.1 Å². The Labute approximate surface area is 153 Å². The molecule has 26 heavy (non-hydrogen) atoms. The van der Waals surface area contributed by atoms with E-state index >= 15 is 0 Å². The van der Waals surface area contributed by atoms with Gasteiger partial charge in [-0.3, -0.25) is 0 Å². The maximum atomic E-state index is 12.3. The quantitative estimate of drug-likeness (QED) is 0.581. The highest BCUT2D eigenvalue weighted by atomic mass is 32.1. The average Bonchev–Trinajstić information content (AvgIpc) is 3.36. The Hall–Kier alpha value is -3.07. The van der Waals surface area contributed by atoms with E-state index in [2.05, 4.69) is 10.1 Å². The minimum atomic E-state index is -0.583. The van der Waals surface area contributed by atoms with Crippen molar-refractivity contribution in [1.29, 1.82) is 0 Å². The largest absolute Gasteiger partial charge is 0.493 e. The lowest BCUT2D eigenvalue weighted by molar-refractivity contribution is 0.0429. The SMILES string of the molecule is COc1cc(C(=O)OCc2nc(-c3cccs3)no2)cc(OC)c1OC. The van der Waals surface area contributed by atoms with Crippen LogP contribution in [0.1, 0.15) is 16.2 Å². The Balaban J connectivity index is 1.72. The van der Waals surface area contributed by atoms with Crippen LogP contribution in [0.2, 0.25) is 0 Å². The molecular formula is C17H16N2O6S. The van der Waals surface area contributed by atoms with Crippen LogP contribution in [0.3, 0.4) is 0 Å². The Morgan fingerprint density at radius 2 is 1.88 bits per heavy atom. The number of carbonyl (C=O) groups is 1. The van der Waals surface area contributed by atoms with Gasteiger partial charge in [-0.05, 0) is 23.6 Å². The van der Waals surface area contributed by atoms with Crippen LogP contribution in [0, 0.1) is 0 Å². The van der Waals surface area contributed by atoms with Crippen LogP contribution in [-0.4, -0.2) is 37.4 Å². The number of thiophene rings is 1. The van der Waals surface area contributed by atoms with E-state index in [1.807, 2.05) is 17.5 Å². The second-order valence-electron chi connectivity index (χ2n) is 4.98. The first-order chi connectivity index (χ1) is 12.7. The first-order valence-corrected chi connectivity index (χ1v) is 8.37. The minimum absolute atomic E-state index is 0.145. The van der Waals surface area contributed by atoms with E-state index in [9.17, 15) is 4.79 Å². The lowest BCUT2D eigenvalue weighted by Gasteiger charge is -2.13. The summed E-state index contributed by atoms with van der Waals surface area (Å²) in [6.07, 6.45) is 0. The summed E-state index contributed by atoms with van der Waals surface area (Å²) >= 11 is 1.49. The third kappa shape index (κ3) is 3.62. The van der Waals surface area contributed by atoms with Crippen molar-refractivity contribution in [3.05, 3.63) is 41.1 Å². The second kappa shape index (κ2) is 7.87. The van der Waals surface area contributed by atoms with E-state index < -0.39 is 5.97 Å². The van der Waals surface area contributed by atoms with E-state index in [4.69, 9.17) is 23.5 Å². The highest BCUT2D eigenvalue weighted by Gasteiger charge is 2.19. The van der Waals surface area contributed by atoms with Gasteiger partial charge in [0.1, 0.15) is 0 Å². The molecule has 2 aromatic heterocycles. The molecule has 8 nitrogen and oxygen atoms in total. The minimum Gasteiger partial charge on any atom is -0.493 e. The van der Waals surface area contributed by atoms with E-state index in [0.717, 1.165) is 4.88 Å². The molecule has 2 heterocycles. The molecule has 0 aliphatic rings. The van der Waals surface area contributed by atoms with E-state index in [1.54, 1.807) is 0 Å². The number of benzene rings is 1. The Kier molecular flexibility index (Phi) is 5.37. The van der Waals surface area contributed by atoms with Crippen LogP contribution in [0.15, 0.2) is 34.2 Å². The zero-order valence-electron chi connectivity index (χ0n) is 14.3. The molecule has 0 fully saturated rings. The molecule has 0 aliphatic heterocycles. The van der Waals surface area contributed by atoms with Gasteiger partial charge in [0.15, 0.2) is 18.1 Å². The van der Waals surface area contributed by atoms with Gasteiger partial charge in [-0.15, -0.1) is 11.3 Å². The Morgan fingerprint density at radius 1 is 1.15 bits per heavy atom. The molecule has 1 aromatic carbocycles. The second-order valence-corrected chi connectivity index (χ2v) is 5.93. The maximum Gasteiger partial charge on any atom is 0.338 e. The number of rotatable bonds is 7. The fraction of sp³-hybridized carbons (Fsp3) is 0.235. The van der Waals surface area contributed by atoms with Gasteiger partial charge in [-0.2, -0.15) is 4.98 Å². The summed E-state index contributed by atoms with van der Waals surface area (Å²) in [5, 5.41) is 5.78. The third-order valence-corrected chi connectivity index (χ3v) is 4.30. The van der Waals surface area contributed by atoms with Gasteiger partial charge in [0.2, 0.25) is 11.6 Å². The molecule has 0 atom stereocenters. The van der Waals surface area contributed by atoms with Gasteiger partial charge in [-0.1, -0.05) is 11.2 Å². The van der Waals surface area contributed by atoms with Crippen molar-refractivity contribution in [2.45, 2.75) is 6.61 Å². The molecule has 136 valence electrons. The molecule has 0 saturated carbocycles. The summed E-state index contributed by atoms with van der Waals surface area (Å²) in [6.45, 7) is -0.145. The summed E-state index contributed by atoms with van der Waals surface area (Å²) in [6, 6.07) is 6.78. The maximum absolute atomic E-state index is 12.3. The number of hydrogen-bond acceptors (Lipinski definition) is 9. The van der Waals surface area contributed by atoms with Gasteiger partial charge in [0.25, 0.3) is 5.89 Å². The average molecular weight is 376 g/mol. The summed E-state index contributed by atoms with van der Waals surface area (Å²) in [5.41, 5.74) is 0.248. The summed E-state index contributed by atoms with van der Waals surface area (Å²) < 4.78 is 26.0. The number of aromatic nitrogens is 2. The van der Waals surface area contributed by atoms with Crippen LogP contribution in [0.5, 0.6) is 17.2 Å². The number of nitrogens with zero attached hydrogens (tertiary/aromatic N) is 2. The zero-order valence-corrected chi connectivity index (χ0v) is 15.2. The lowest BCUT2D eigenvalue weighted by atomic mass is 10.2. The van der Waals surface area contributed by atoms with Gasteiger partial charge in [0.05, 0.1) is 31.8 Å². The summed E-state index contributed by atoms with van der Waals surface area (Å²) in [5.74, 6) is 1.19. The molecule has 0 N–H and O–H groups in total.